The molecule has 0 amide bonds. The molecule has 6 heteroatoms. The molecular formula is C11H13F3N2O. The van der Waals surface area contributed by atoms with Crippen LogP contribution in [0.4, 0.5) is 13.2 Å². The molecule has 0 bridgehead atoms. The van der Waals surface area contributed by atoms with Crippen molar-refractivity contribution >= 4 is 5.84 Å². The highest BCUT2D eigenvalue weighted by Gasteiger charge is 2.42. The lowest BCUT2D eigenvalue weighted by molar-refractivity contribution is -0.169. The van der Waals surface area contributed by atoms with E-state index in [0.29, 0.717) is 0 Å². The normalized spacial score (nSPS) is 13.4. The molecule has 0 heterocycles. The minimum absolute atomic E-state index is 0.0701. The second-order valence-electron chi connectivity index (χ2n) is 3.55. The third-order valence-electron chi connectivity index (χ3n) is 2.17. The largest absolute Gasteiger partial charge is 0.400 e. The molecular weight excluding hydrogens is 233 g/mol. The van der Waals surface area contributed by atoms with Gasteiger partial charge in [-0.15, -0.1) is 0 Å². The Morgan fingerprint density at radius 3 is 2.35 bits per heavy atom. The van der Waals surface area contributed by atoms with Gasteiger partial charge >= 0.3 is 6.18 Å². The van der Waals surface area contributed by atoms with Crippen molar-refractivity contribution < 1.29 is 17.9 Å². The fourth-order valence-corrected chi connectivity index (χ4v) is 1.23. The van der Waals surface area contributed by atoms with Gasteiger partial charge in [0.15, 0.2) is 0 Å². The van der Waals surface area contributed by atoms with Crippen LogP contribution < -0.4 is 5.73 Å². The highest BCUT2D eigenvalue weighted by Crippen LogP contribution is 2.26. The van der Waals surface area contributed by atoms with E-state index in [1.165, 1.54) is 0 Å². The predicted molar refractivity (Wildman–Crippen MR) is 57.6 cm³/mol. The Labute approximate surface area is 96.9 Å². The second kappa shape index (κ2) is 5.67. The van der Waals surface area contributed by atoms with Gasteiger partial charge in [0.2, 0.25) is 0 Å². The number of hydrogen-bond donors (Lipinski definition) is 2. The average molecular weight is 246 g/mol. The van der Waals surface area contributed by atoms with E-state index < -0.39 is 24.5 Å². The van der Waals surface area contributed by atoms with Gasteiger partial charge in [-0.25, -0.2) is 0 Å². The Hall–Kier alpha value is -1.56. The van der Waals surface area contributed by atoms with Crippen molar-refractivity contribution in [2.75, 3.05) is 6.61 Å². The number of alkyl halides is 3. The summed E-state index contributed by atoms with van der Waals surface area (Å²) in [4.78, 5) is 0. The van der Waals surface area contributed by atoms with Gasteiger partial charge in [0.1, 0.15) is 11.8 Å². The molecule has 0 aromatic heterocycles. The third-order valence-corrected chi connectivity index (χ3v) is 2.17. The van der Waals surface area contributed by atoms with E-state index in [9.17, 15) is 13.2 Å². The van der Waals surface area contributed by atoms with Gasteiger partial charge in [-0.05, 0) is 5.56 Å². The van der Waals surface area contributed by atoms with Crippen molar-refractivity contribution in [3.05, 3.63) is 35.9 Å². The number of halogens is 3. The van der Waals surface area contributed by atoms with Gasteiger partial charge in [-0.1, -0.05) is 30.3 Å². The standard InChI is InChI=1S/C11H13F3N2O/c12-11(13,14)9(10(15)16)7-17-6-8-4-2-1-3-5-8/h1-5,9H,6-7H2,(H3,15,16). The van der Waals surface area contributed by atoms with E-state index in [-0.39, 0.29) is 6.61 Å². The van der Waals surface area contributed by atoms with Crippen molar-refractivity contribution in [3.63, 3.8) is 0 Å². The molecule has 0 saturated carbocycles. The summed E-state index contributed by atoms with van der Waals surface area (Å²) in [6, 6.07) is 8.83. The first-order chi connectivity index (χ1) is 7.91. The molecule has 1 atom stereocenters. The summed E-state index contributed by atoms with van der Waals surface area (Å²) < 4.78 is 42.1. The predicted octanol–water partition coefficient (Wildman–Crippen LogP) is 2.32. The topological polar surface area (TPSA) is 59.1 Å². The summed E-state index contributed by atoms with van der Waals surface area (Å²) in [6.45, 7) is -0.561. The zero-order valence-corrected chi connectivity index (χ0v) is 9.00. The quantitative estimate of drug-likeness (QED) is 0.618. The van der Waals surface area contributed by atoms with Gasteiger partial charge in [-0.2, -0.15) is 13.2 Å². The third kappa shape index (κ3) is 4.44. The minimum Gasteiger partial charge on any atom is -0.387 e. The number of rotatable bonds is 5. The monoisotopic (exact) mass is 246 g/mol. The first-order valence-electron chi connectivity index (χ1n) is 4.93. The number of nitrogens with one attached hydrogen (secondary N) is 1. The maximum absolute atomic E-state index is 12.4. The SMILES string of the molecule is N=C(N)C(COCc1ccccc1)C(F)(F)F. The summed E-state index contributed by atoms with van der Waals surface area (Å²) in [7, 11) is 0. The van der Waals surface area contributed by atoms with Crippen LogP contribution in [0.1, 0.15) is 5.56 Å². The molecule has 1 aromatic rings. The molecule has 0 aliphatic heterocycles. The molecule has 0 radical (unpaired) electrons. The Kier molecular flexibility index (Phi) is 4.51. The Morgan fingerprint density at radius 1 is 1.29 bits per heavy atom. The molecule has 94 valence electrons. The maximum atomic E-state index is 12.4. The summed E-state index contributed by atoms with van der Waals surface area (Å²) in [5.41, 5.74) is 5.66. The van der Waals surface area contributed by atoms with Gasteiger partial charge in [0.05, 0.1) is 13.2 Å². The van der Waals surface area contributed by atoms with E-state index in [1.807, 2.05) is 0 Å². The van der Waals surface area contributed by atoms with Crippen LogP contribution in [-0.2, 0) is 11.3 Å². The van der Waals surface area contributed by atoms with Gasteiger partial charge in [-0.3, -0.25) is 5.41 Å². The maximum Gasteiger partial charge on any atom is 0.400 e. The van der Waals surface area contributed by atoms with Crippen LogP contribution in [0.25, 0.3) is 0 Å². The summed E-state index contributed by atoms with van der Waals surface area (Å²) in [5.74, 6) is -2.96. The van der Waals surface area contributed by atoms with Crippen molar-refractivity contribution in [2.45, 2.75) is 12.8 Å². The van der Waals surface area contributed by atoms with Gasteiger partial charge in [0.25, 0.3) is 0 Å². The number of hydrogen-bond acceptors (Lipinski definition) is 2. The molecule has 1 rings (SSSR count). The second-order valence-corrected chi connectivity index (χ2v) is 3.55. The fourth-order valence-electron chi connectivity index (χ4n) is 1.23. The zero-order valence-electron chi connectivity index (χ0n) is 9.00. The zero-order chi connectivity index (χ0) is 12.9. The van der Waals surface area contributed by atoms with Crippen LogP contribution in [0.5, 0.6) is 0 Å². The lowest BCUT2D eigenvalue weighted by atomic mass is 10.1. The lowest BCUT2D eigenvalue weighted by Crippen LogP contribution is -2.38. The van der Waals surface area contributed by atoms with Crippen LogP contribution in [0.2, 0.25) is 0 Å². The van der Waals surface area contributed by atoms with Crippen molar-refractivity contribution in [1.29, 1.82) is 5.41 Å². The first kappa shape index (κ1) is 13.5. The lowest BCUT2D eigenvalue weighted by Gasteiger charge is -2.18. The number of ether oxygens (including phenoxy) is 1. The molecule has 1 unspecified atom stereocenters. The highest BCUT2D eigenvalue weighted by atomic mass is 19.4. The van der Waals surface area contributed by atoms with Gasteiger partial charge < -0.3 is 10.5 Å². The molecule has 0 spiro atoms. The van der Waals surface area contributed by atoms with Crippen molar-refractivity contribution in [2.24, 2.45) is 11.7 Å². The average Bonchev–Trinajstić information content (AvgIpc) is 2.23. The van der Waals surface area contributed by atoms with E-state index in [0.717, 1.165) is 5.56 Å². The molecule has 3 nitrogen and oxygen atoms in total. The smallest absolute Gasteiger partial charge is 0.387 e. The van der Waals surface area contributed by atoms with E-state index >= 15 is 0 Å². The molecule has 0 aliphatic carbocycles. The molecule has 0 aliphatic rings. The minimum atomic E-state index is -4.54. The van der Waals surface area contributed by atoms with Gasteiger partial charge in [0, 0.05) is 0 Å². The van der Waals surface area contributed by atoms with Crippen LogP contribution >= 0.6 is 0 Å². The molecule has 1 aromatic carbocycles. The highest BCUT2D eigenvalue weighted by molar-refractivity contribution is 5.80. The Morgan fingerprint density at radius 2 is 1.88 bits per heavy atom. The molecule has 17 heavy (non-hydrogen) atoms. The van der Waals surface area contributed by atoms with Crippen LogP contribution in [-0.4, -0.2) is 18.6 Å². The van der Waals surface area contributed by atoms with Crippen LogP contribution in [0.15, 0.2) is 30.3 Å². The summed E-state index contributed by atoms with van der Waals surface area (Å²) in [5, 5.41) is 6.87. The molecule has 0 fully saturated rings. The first-order valence-corrected chi connectivity index (χ1v) is 4.93. The summed E-state index contributed by atoms with van der Waals surface area (Å²) in [6.07, 6.45) is -4.54. The number of amidine groups is 1. The summed E-state index contributed by atoms with van der Waals surface area (Å²) >= 11 is 0. The van der Waals surface area contributed by atoms with Crippen LogP contribution in [0.3, 0.4) is 0 Å². The molecule has 3 N–H and O–H groups in total. The Bertz CT molecular complexity index is 365. The van der Waals surface area contributed by atoms with Crippen molar-refractivity contribution in [3.8, 4) is 0 Å². The van der Waals surface area contributed by atoms with E-state index in [1.54, 1.807) is 30.3 Å². The molecule has 0 saturated heterocycles. The van der Waals surface area contributed by atoms with E-state index in [2.05, 4.69) is 0 Å². The van der Waals surface area contributed by atoms with Crippen LogP contribution in [0, 0.1) is 11.3 Å². The Balaban J connectivity index is 2.46. The van der Waals surface area contributed by atoms with E-state index in [4.69, 9.17) is 15.9 Å². The van der Waals surface area contributed by atoms with Crippen molar-refractivity contribution in [1.82, 2.24) is 0 Å². The number of benzene rings is 1. The number of nitrogens with two attached hydrogens (primary N) is 1. The fraction of sp³-hybridized carbons (Fsp3) is 0.364.